The molecule has 0 aliphatic carbocycles. The smallest absolute Gasteiger partial charge is 0.433 e. The fourth-order valence-electron chi connectivity index (χ4n) is 4.88. The van der Waals surface area contributed by atoms with Crippen molar-refractivity contribution in [3.05, 3.63) is 48.3 Å². The number of likely N-dealkylation sites (tertiary alicyclic amines) is 1. The van der Waals surface area contributed by atoms with E-state index < -0.39 is 29.6 Å². The minimum Gasteiger partial charge on any atom is -0.457 e. The Labute approximate surface area is 251 Å². The maximum absolute atomic E-state index is 14.1. The van der Waals surface area contributed by atoms with Crippen LogP contribution in [0.1, 0.15) is 52.3 Å². The van der Waals surface area contributed by atoms with Crippen LogP contribution in [0.3, 0.4) is 0 Å². The highest BCUT2D eigenvalue weighted by atomic mass is 19.4. The number of fused-ring (bicyclic) bond motifs is 1. The maximum Gasteiger partial charge on any atom is 0.433 e. The van der Waals surface area contributed by atoms with Gasteiger partial charge in [0.1, 0.15) is 28.6 Å². The second-order valence-electron chi connectivity index (χ2n) is 11.5. The van der Waals surface area contributed by atoms with Gasteiger partial charge in [-0.15, -0.1) is 0 Å². The molecular weight excluding hydrogens is 581 g/mol. The van der Waals surface area contributed by atoms with Gasteiger partial charge < -0.3 is 29.6 Å². The van der Waals surface area contributed by atoms with Gasteiger partial charge in [0.25, 0.3) is 0 Å². The number of rotatable bonds is 6. The average Bonchev–Trinajstić information content (AvgIpc) is 3.49. The SMILES string of the molecule is CC(=O)Nc1cc(Oc2ccc3nc(Nc4cc(C(F)(F)F)n(C5CCN(C(=O)OC(C)(C)C)CC5)n4)n(C)c3c2)ccn1. The summed E-state index contributed by atoms with van der Waals surface area (Å²) >= 11 is 0. The molecule has 0 spiro atoms. The number of carbonyl (C=O) groups excluding carboxylic acids is 2. The third-order valence-electron chi connectivity index (χ3n) is 6.85. The van der Waals surface area contributed by atoms with Gasteiger partial charge in [0.2, 0.25) is 11.9 Å². The van der Waals surface area contributed by atoms with E-state index >= 15 is 0 Å². The number of carbonyl (C=O) groups is 2. The summed E-state index contributed by atoms with van der Waals surface area (Å²) < 4.78 is 56.2. The number of aromatic nitrogens is 5. The van der Waals surface area contributed by atoms with E-state index in [0.29, 0.717) is 41.2 Å². The third kappa shape index (κ3) is 7.03. The number of hydrogen-bond acceptors (Lipinski definition) is 8. The standard InChI is InChI=1S/C29H33F3N8O4/c1-17(41)34-24-15-20(8-11-33-24)43-19-6-7-21-22(14-19)38(5)26(35-21)36-25-16-23(29(30,31)32)40(37-25)18-9-12-39(13-10-18)27(42)44-28(2,3)4/h6-8,11,14-16,18H,9-10,12-13H2,1-5H3,(H,33,34,41)(H,35,36,37). The molecule has 0 unspecified atom stereocenters. The molecule has 4 aromatic rings. The van der Waals surface area contributed by atoms with Crippen molar-refractivity contribution in [1.29, 1.82) is 0 Å². The Morgan fingerprint density at radius 3 is 2.36 bits per heavy atom. The number of pyridine rings is 1. The normalized spacial score (nSPS) is 14.5. The van der Waals surface area contributed by atoms with Crippen molar-refractivity contribution in [1.82, 2.24) is 29.2 Å². The molecule has 2 amide bonds. The Hall–Kier alpha value is -4.82. The number of nitrogens with zero attached hydrogens (tertiary/aromatic N) is 6. The van der Waals surface area contributed by atoms with Crippen molar-refractivity contribution < 1.29 is 32.2 Å². The van der Waals surface area contributed by atoms with Gasteiger partial charge in [0.15, 0.2) is 5.82 Å². The largest absolute Gasteiger partial charge is 0.457 e. The lowest BCUT2D eigenvalue weighted by Gasteiger charge is -2.34. The molecular formula is C29H33F3N8O4. The number of benzene rings is 1. The fourth-order valence-corrected chi connectivity index (χ4v) is 4.88. The number of nitrogens with one attached hydrogen (secondary N) is 2. The van der Waals surface area contributed by atoms with Crippen LogP contribution >= 0.6 is 0 Å². The van der Waals surface area contributed by atoms with Crippen LogP contribution in [-0.4, -0.2) is 59.9 Å². The molecule has 5 rings (SSSR count). The summed E-state index contributed by atoms with van der Waals surface area (Å²) in [6.45, 7) is 7.17. The second-order valence-corrected chi connectivity index (χ2v) is 11.5. The number of hydrogen-bond donors (Lipinski definition) is 2. The molecule has 3 aromatic heterocycles. The Morgan fingerprint density at radius 2 is 1.70 bits per heavy atom. The van der Waals surface area contributed by atoms with Gasteiger partial charge in [-0.25, -0.2) is 14.8 Å². The van der Waals surface area contributed by atoms with Gasteiger partial charge in [0.05, 0.1) is 17.1 Å². The van der Waals surface area contributed by atoms with Crippen LogP contribution in [0, 0.1) is 0 Å². The lowest BCUT2D eigenvalue weighted by Crippen LogP contribution is -2.42. The van der Waals surface area contributed by atoms with Crippen LogP contribution in [0.25, 0.3) is 11.0 Å². The predicted molar refractivity (Wildman–Crippen MR) is 156 cm³/mol. The van der Waals surface area contributed by atoms with E-state index in [4.69, 9.17) is 9.47 Å². The van der Waals surface area contributed by atoms with E-state index in [9.17, 15) is 22.8 Å². The molecule has 234 valence electrons. The van der Waals surface area contributed by atoms with Gasteiger partial charge in [-0.05, 0) is 51.8 Å². The molecule has 44 heavy (non-hydrogen) atoms. The van der Waals surface area contributed by atoms with Crippen LogP contribution in [0.5, 0.6) is 11.5 Å². The molecule has 0 saturated carbocycles. The quantitative estimate of drug-likeness (QED) is 0.261. The summed E-state index contributed by atoms with van der Waals surface area (Å²) in [6.07, 6.45) is -3.03. The summed E-state index contributed by atoms with van der Waals surface area (Å²) in [4.78, 5) is 33.9. The minimum absolute atomic E-state index is 0.0101. The molecule has 1 aromatic carbocycles. The van der Waals surface area contributed by atoms with Gasteiger partial charge in [-0.1, -0.05) is 0 Å². The molecule has 15 heteroatoms. The van der Waals surface area contributed by atoms with Crippen molar-refractivity contribution in [2.45, 2.75) is 58.4 Å². The van der Waals surface area contributed by atoms with Crippen molar-refractivity contribution in [2.75, 3.05) is 23.7 Å². The van der Waals surface area contributed by atoms with Gasteiger partial charge in [0, 0.05) is 51.5 Å². The molecule has 1 saturated heterocycles. The summed E-state index contributed by atoms with van der Waals surface area (Å²) in [6, 6.07) is 8.80. The van der Waals surface area contributed by atoms with E-state index in [0.717, 1.165) is 10.7 Å². The number of piperidine rings is 1. The Kier molecular flexibility index (Phi) is 8.14. The molecule has 1 fully saturated rings. The van der Waals surface area contributed by atoms with Crippen LogP contribution in [0.2, 0.25) is 0 Å². The van der Waals surface area contributed by atoms with Crippen LogP contribution in [0.4, 0.5) is 35.5 Å². The Bertz CT molecular complexity index is 1680. The zero-order chi connectivity index (χ0) is 31.8. The summed E-state index contributed by atoms with van der Waals surface area (Å²) in [7, 11) is 1.72. The lowest BCUT2D eigenvalue weighted by molar-refractivity contribution is -0.145. The number of anilines is 3. The van der Waals surface area contributed by atoms with E-state index in [1.54, 1.807) is 62.7 Å². The minimum atomic E-state index is -4.64. The zero-order valence-electron chi connectivity index (χ0n) is 24.9. The highest BCUT2D eigenvalue weighted by molar-refractivity contribution is 5.87. The summed E-state index contributed by atoms with van der Waals surface area (Å²) in [5.74, 6) is 1.28. The number of aryl methyl sites for hydroxylation is 1. The van der Waals surface area contributed by atoms with Crippen molar-refractivity contribution >= 4 is 40.6 Å². The number of halogens is 3. The van der Waals surface area contributed by atoms with Crippen LogP contribution in [-0.2, 0) is 22.8 Å². The molecule has 1 aliphatic heterocycles. The molecule has 0 radical (unpaired) electrons. The van der Waals surface area contributed by atoms with Gasteiger partial charge in [-0.2, -0.15) is 18.3 Å². The highest BCUT2D eigenvalue weighted by Crippen LogP contribution is 2.36. The van der Waals surface area contributed by atoms with Gasteiger partial charge >= 0.3 is 12.3 Å². The molecule has 12 nitrogen and oxygen atoms in total. The topological polar surface area (TPSA) is 128 Å². The van der Waals surface area contributed by atoms with Crippen LogP contribution < -0.4 is 15.4 Å². The Balaban J connectivity index is 1.33. The number of amides is 2. The maximum atomic E-state index is 14.1. The third-order valence-corrected chi connectivity index (χ3v) is 6.85. The van der Waals surface area contributed by atoms with Crippen molar-refractivity contribution in [3.8, 4) is 11.5 Å². The van der Waals surface area contributed by atoms with Crippen molar-refractivity contribution in [3.63, 3.8) is 0 Å². The summed E-state index contributed by atoms with van der Waals surface area (Å²) in [5.41, 5.74) is -0.309. The molecule has 4 heterocycles. The molecule has 2 N–H and O–H groups in total. The van der Waals surface area contributed by atoms with Gasteiger partial charge in [-0.3, -0.25) is 9.48 Å². The second kappa shape index (κ2) is 11.7. The lowest BCUT2D eigenvalue weighted by atomic mass is 10.1. The number of ether oxygens (including phenoxy) is 2. The molecule has 1 aliphatic rings. The zero-order valence-corrected chi connectivity index (χ0v) is 24.9. The Morgan fingerprint density at radius 1 is 1.00 bits per heavy atom. The van der Waals surface area contributed by atoms with E-state index in [1.165, 1.54) is 18.0 Å². The first kappa shape index (κ1) is 30.6. The average molecular weight is 615 g/mol. The predicted octanol–water partition coefficient (Wildman–Crippen LogP) is 6.25. The van der Waals surface area contributed by atoms with E-state index in [1.807, 2.05) is 0 Å². The van der Waals surface area contributed by atoms with Crippen molar-refractivity contribution in [2.24, 2.45) is 7.05 Å². The highest BCUT2D eigenvalue weighted by Gasteiger charge is 2.39. The summed E-state index contributed by atoms with van der Waals surface area (Å²) in [5, 5.41) is 9.80. The first-order chi connectivity index (χ1) is 20.7. The van der Waals surface area contributed by atoms with E-state index in [-0.39, 0.29) is 30.8 Å². The number of alkyl halides is 3. The molecule has 0 bridgehead atoms. The van der Waals surface area contributed by atoms with E-state index in [2.05, 4.69) is 25.7 Å². The monoisotopic (exact) mass is 614 g/mol. The first-order valence-electron chi connectivity index (χ1n) is 14.0. The fraction of sp³-hybridized carbons (Fsp3) is 0.414. The number of imidazole rings is 1. The first-order valence-corrected chi connectivity index (χ1v) is 14.0. The molecule has 0 atom stereocenters. The van der Waals surface area contributed by atoms with Crippen LogP contribution in [0.15, 0.2) is 42.6 Å².